The highest BCUT2D eigenvalue weighted by Crippen LogP contribution is 2.17. The first kappa shape index (κ1) is 23.4. The van der Waals surface area contributed by atoms with E-state index < -0.39 is 29.2 Å². The second-order valence-corrected chi connectivity index (χ2v) is 7.86. The van der Waals surface area contributed by atoms with Gasteiger partial charge in [-0.15, -0.1) is 0 Å². The van der Waals surface area contributed by atoms with Crippen LogP contribution in [0.25, 0.3) is 10.9 Å². The maximum Gasteiger partial charge on any atom is 0.335 e. The molecule has 4 aromatic rings. The fourth-order valence-corrected chi connectivity index (χ4v) is 3.71. The Morgan fingerprint density at radius 3 is 2.57 bits per heavy atom. The SMILES string of the molecule is COc1cccc(CNC(=O)c2cc3c(=O)n(C(C)c4ccc(C(=O)O)cc4)c(=O)[nH]c3cn2)c1. The van der Waals surface area contributed by atoms with E-state index in [0.717, 1.165) is 10.1 Å². The van der Waals surface area contributed by atoms with Gasteiger partial charge in [0.05, 0.1) is 35.8 Å². The Hall–Kier alpha value is -4.73. The number of carbonyl (C=O) groups is 2. The quantitative estimate of drug-likeness (QED) is 0.373. The number of nitrogens with one attached hydrogen (secondary N) is 2. The number of methoxy groups -OCH3 is 1. The Bertz CT molecular complexity index is 1540. The first-order valence-electron chi connectivity index (χ1n) is 10.7. The van der Waals surface area contributed by atoms with Crippen LogP contribution in [0.1, 0.15) is 44.9 Å². The number of rotatable bonds is 7. The number of amides is 1. The van der Waals surface area contributed by atoms with E-state index in [4.69, 9.17) is 9.84 Å². The molecule has 0 bridgehead atoms. The maximum atomic E-state index is 13.2. The van der Waals surface area contributed by atoms with E-state index in [9.17, 15) is 19.2 Å². The highest BCUT2D eigenvalue weighted by molar-refractivity contribution is 5.95. The smallest absolute Gasteiger partial charge is 0.335 e. The van der Waals surface area contributed by atoms with Crippen LogP contribution in [0.4, 0.5) is 0 Å². The second-order valence-electron chi connectivity index (χ2n) is 7.86. The van der Waals surface area contributed by atoms with Crippen LogP contribution in [0.5, 0.6) is 5.75 Å². The van der Waals surface area contributed by atoms with Gasteiger partial charge in [-0.3, -0.25) is 14.2 Å². The summed E-state index contributed by atoms with van der Waals surface area (Å²) in [5.41, 5.74) is 0.484. The largest absolute Gasteiger partial charge is 0.497 e. The summed E-state index contributed by atoms with van der Waals surface area (Å²) in [6, 6.07) is 13.8. The highest BCUT2D eigenvalue weighted by atomic mass is 16.5. The molecule has 0 radical (unpaired) electrons. The number of H-pyrrole nitrogens is 1. The third-order valence-corrected chi connectivity index (χ3v) is 5.66. The van der Waals surface area contributed by atoms with Crippen LogP contribution in [0.2, 0.25) is 0 Å². The van der Waals surface area contributed by atoms with Crippen LogP contribution in [0.15, 0.2) is 70.4 Å². The monoisotopic (exact) mass is 474 g/mol. The number of ether oxygens (including phenoxy) is 1. The molecule has 0 aliphatic carbocycles. The van der Waals surface area contributed by atoms with Crippen molar-refractivity contribution in [2.24, 2.45) is 0 Å². The Kier molecular flexibility index (Phi) is 6.45. The van der Waals surface area contributed by atoms with Crippen molar-refractivity contribution in [3.63, 3.8) is 0 Å². The Labute approximate surface area is 198 Å². The maximum absolute atomic E-state index is 13.2. The molecule has 0 fully saturated rings. The molecule has 1 amide bonds. The molecule has 0 aliphatic rings. The van der Waals surface area contributed by atoms with Gasteiger partial charge in [0.1, 0.15) is 11.4 Å². The summed E-state index contributed by atoms with van der Waals surface area (Å²) >= 11 is 0. The van der Waals surface area contributed by atoms with E-state index in [2.05, 4.69) is 15.3 Å². The molecule has 2 aromatic carbocycles. The molecule has 2 aromatic heterocycles. The summed E-state index contributed by atoms with van der Waals surface area (Å²) < 4.78 is 6.20. The number of carboxylic acid groups (broad SMARTS) is 1. The summed E-state index contributed by atoms with van der Waals surface area (Å²) in [7, 11) is 1.56. The van der Waals surface area contributed by atoms with Gasteiger partial charge in [-0.1, -0.05) is 24.3 Å². The second kappa shape index (κ2) is 9.64. The van der Waals surface area contributed by atoms with Crippen LogP contribution in [-0.2, 0) is 6.54 Å². The predicted molar refractivity (Wildman–Crippen MR) is 128 cm³/mol. The molecular weight excluding hydrogens is 452 g/mol. The topological polar surface area (TPSA) is 143 Å². The third kappa shape index (κ3) is 4.81. The number of benzene rings is 2. The molecule has 35 heavy (non-hydrogen) atoms. The zero-order valence-electron chi connectivity index (χ0n) is 18.9. The average Bonchev–Trinajstić information content (AvgIpc) is 2.87. The van der Waals surface area contributed by atoms with Gasteiger partial charge in [-0.25, -0.2) is 14.6 Å². The van der Waals surface area contributed by atoms with Gasteiger partial charge in [-0.05, 0) is 48.4 Å². The van der Waals surface area contributed by atoms with Gasteiger partial charge in [0.2, 0.25) is 0 Å². The Balaban J connectivity index is 1.64. The van der Waals surface area contributed by atoms with Crippen molar-refractivity contribution in [3.05, 3.63) is 104 Å². The van der Waals surface area contributed by atoms with Crippen molar-refractivity contribution in [1.82, 2.24) is 19.9 Å². The highest BCUT2D eigenvalue weighted by Gasteiger charge is 2.18. The van der Waals surface area contributed by atoms with Gasteiger partial charge in [0.15, 0.2) is 0 Å². The van der Waals surface area contributed by atoms with E-state index in [1.54, 1.807) is 38.3 Å². The zero-order chi connectivity index (χ0) is 25.1. The van der Waals surface area contributed by atoms with Gasteiger partial charge >= 0.3 is 11.7 Å². The molecule has 10 nitrogen and oxygen atoms in total. The molecule has 1 atom stereocenters. The minimum absolute atomic E-state index is 0.0227. The van der Waals surface area contributed by atoms with E-state index in [0.29, 0.717) is 11.3 Å². The van der Waals surface area contributed by atoms with Crippen molar-refractivity contribution >= 4 is 22.8 Å². The summed E-state index contributed by atoms with van der Waals surface area (Å²) in [6.45, 7) is 1.89. The normalized spacial score (nSPS) is 11.7. The van der Waals surface area contributed by atoms with Gasteiger partial charge in [0, 0.05) is 6.54 Å². The molecule has 4 rings (SSSR count). The first-order chi connectivity index (χ1) is 16.8. The van der Waals surface area contributed by atoms with Crippen molar-refractivity contribution in [2.75, 3.05) is 7.11 Å². The third-order valence-electron chi connectivity index (χ3n) is 5.66. The fraction of sp³-hybridized carbons (Fsp3) is 0.160. The molecule has 2 heterocycles. The number of pyridine rings is 1. The number of hydrogen-bond acceptors (Lipinski definition) is 6. The summed E-state index contributed by atoms with van der Waals surface area (Å²) in [6.07, 6.45) is 1.27. The van der Waals surface area contributed by atoms with Gasteiger partial charge < -0.3 is 20.1 Å². The summed E-state index contributed by atoms with van der Waals surface area (Å²) in [5.74, 6) is -0.893. The Morgan fingerprint density at radius 1 is 1.14 bits per heavy atom. The molecule has 10 heteroatoms. The molecule has 0 aliphatic heterocycles. The van der Waals surface area contributed by atoms with Crippen molar-refractivity contribution < 1.29 is 19.4 Å². The molecule has 3 N–H and O–H groups in total. The summed E-state index contributed by atoms with van der Waals surface area (Å²) in [4.78, 5) is 56.4. The van der Waals surface area contributed by atoms with Crippen molar-refractivity contribution in [3.8, 4) is 5.75 Å². The number of hydrogen-bond donors (Lipinski definition) is 3. The van der Waals surface area contributed by atoms with Gasteiger partial charge in [-0.2, -0.15) is 0 Å². The minimum Gasteiger partial charge on any atom is -0.497 e. The van der Waals surface area contributed by atoms with Crippen LogP contribution in [-0.4, -0.2) is 38.6 Å². The molecule has 1 unspecified atom stereocenters. The molecule has 0 spiro atoms. The van der Waals surface area contributed by atoms with Crippen LogP contribution in [0, 0.1) is 0 Å². The number of nitrogens with zero attached hydrogens (tertiary/aromatic N) is 2. The Morgan fingerprint density at radius 2 is 1.89 bits per heavy atom. The van der Waals surface area contributed by atoms with Crippen LogP contribution >= 0.6 is 0 Å². The first-order valence-corrected chi connectivity index (χ1v) is 10.7. The number of aromatic nitrogens is 3. The number of aromatic amines is 1. The van der Waals surface area contributed by atoms with Crippen LogP contribution in [0.3, 0.4) is 0 Å². The molecule has 0 saturated carbocycles. The molecule has 0 saturated heterocycles. The lowest BCUT2D eigenvalue weighted by Gasteiger charge is -2.15. The number of aromatic carboxylic acids is 1. The number of fused-ring (bicyclic) bond motifs is 1. The predicted octanol–water partition coefficient (Wildman–Crippen LogP) is 2.33. The van der Waals surface area contributed by atoms with Gasteiger partial charge in [0.25, 0.3) is 11.5 Å². The minimum atomic E-state index is -1.07. The lowest BCUT2D eigenvalue weighted by atomic mass is 10.1. The standard InChI is InChI=1S/C25H22N4O6/c1-14(16-6-8-17(9-7-16)24(32)33)29-23(31)19-11-20(26-13-21(19)28-25(29)34)22(30)27-12-15-4-3-5-18(10-15)35-2/h3-11,13-14H,12H2,1-2H3,(H,27,30)(H,28,34)(H,32,33). The zero-order valence-corrected chi connectivity index (χ0v) is 18.9. The lowest BCUT2D eigenvalue weighted by molar-refractivity contribution is 0.0696. The van der Waals surface area contributed by atoms with Crippen molar-refractivity contribution in [1.29, 1.82) is 0 Å². The average molecular weight is 474 g/mol. The number of carboxylic acids is 1. The summed E-state index contributed by atoms with van der Waals surface area (Å²) in [5, 5.41) is 12.0. The van der Waals surface area contributed by atoms with Crippen molar-refractivity contribution in [2.45, 2.75) is 19.5 Å². The van der Waals surface area contributed by atoms with E-state index >= 15 is 0 Å². The lowest BCUT2D eigenvalue weighted by Crippen LogP contribution is -2.37. The van der Waals surface area contributed by atoms with E-state index in [-0.39, 0.29) is 28.7 Å². The molecular formula is C25H22N4O6. The van der Waals surface area contributed by atoms with Crippen LogP contribution < -0.4 is 21.3 Å². The number of carbonyl (C=O) groups excluding carboxylic acids is 1. The molecule has 178 valence electrons. The van der Waals surface area contributed by atoms with E-state index in [1.165, 1.54) is 24.4 Å². The fourth-order valence-electron chi connectivity index (χ4n) is 3.71. The van der Waals surface area contributed by atoms with E-state index in [1.807, 2.05) is 12.1 Å².